The molecular weight excluding hydrogens is 230 g/mol. The molecule has 0 rings (SSSR count). The van der Waals surface area contributed by atoms with Gasteiger partial charge in [0.05, 0.1) is 0 Å². The van der Waals surface area contributed by atoms with Gasteiger partial charge in [-0.15, -0.1) is 0 Å². The Labute approximate surface area is 111 Å². The molecule has 100 valence electrons. The maximum Gasteiger partial charge on any atom is 0.158 e. The van der Waals surface area contributed by atoms with E-state index in [1.165, 1.54) is 5.75 Å². The van der Waals surface area contributed by atoms with Gasteiger partial charge in [0.2, 0.25) is 0 Å². The Balaban J connectivity index is 3.52. The third kappa shape index (κ3) is 10.6. The van der Waals surface area contributed by atoms with E-state index in [1.807, 2.05) is 24.8 Å². The first kappa shape index (κ1) is 16.7. The normalized spacial score (nSPS) is 13.1. The molecule has 0 amide bonds. The van der Waals surface area contributed by atoms with Crippen LogP contribution in [0.2, 0.25) is 0 Å². The van der Waals surface area contributed by atoms with E-state index in [9.17, 15) is 4.79 Å². The van der Waals surface area contributed by atoms with Gasteiger partial charge in [-0.25, -0.2) is 0 Å². The van der Waals surface area contributed by atoms with E-state index < -0.39 is 0 Å². The lowest BCUT2D eigenvalue weighted by molar-refractivity contribution is -0.117. The van der Waals surface area contributed by atoms with Gasteiger partial charge in [-0.3, -0.25) is 4.79 Å². The molecule has 0 bridgehead atoms. The van der Waals surface area contributed by atoms with Gasteiger partial charge in [0, 0.05) is 24.8 Å². The molecule has 0 aromatic rings. The first-order chi connectivity index (χ1) is 8.22. The van der Waals surface area contributed by atoms with Crippen molar-refractivity contribution in [2.24, 2.45) is 5.92 Å². The van der Waals surface area contributed by atoms with Crippen LogP contribution in [0, 0.1) is 5.92 Å². The molecule has 0 aliphatic rings. The highest BCUT2D eigenvalue weighted by molar-refractivity contribution is 7.99. The molecule has 3 heteroatoms. The maximum atomic E-state index is 11.7. The monoisotopic (exact) mass is 257 g/mol. The van der Waals surface area contributed by atoms with Crippen molar-refractivity contribution in [3.63, 3.8) is 0 Å². The van der Waals surface area contributed by atoms with E-state index >= 15 is 0 Å². The molecular formula is C14H27NOS. The Morgan fingerprint density at radius 1 is 1.41 bits per heavy atom. The summed E-state index contributed by atoms with van der Waals surface area (Å²) >= 11 is 1.93. The molecule has 0 fully saturated rings. The Kier molecular flexibility index (Phi) is 12.0. The summed E-state index contributed by atoms with van der Waals surface area (Å²) in [4.78, 5) is 11.7. The fraction of sp³-hybridized carbons (Fsp3) is 0.786. The fourth-order valence-electron chi connectivity index (χ4n) is 1.47. The third-order valence-electron chi connectivity index (χ3n) is 2.65. The summed E-state index contributed by atoms with van der Waals surface area (Å²) in [5.41, 5.74) is 0. The highest BCUT2D eigenvalue weighted by Gasteiger charge is 2.07. The first-order valence-corrected chi connectivity index (χ1v) is 7.86. The molecule has 2 nitrogen and oxygen atoms in total. The van der Waals surface area contributed by atoms with Crippen LogP contribution in [0.15, 0.2) is 12.2 Å². The smallest absolute Gasteiger partial charge is 0.158 e. The van der Waals surface area contributed by atoms with Crippen LogP contribution in [0.3, 0.4) is 0 Å². The van der Waals surface area contributed by atoms with Crippen LogP contribution < -0.4 is 5.32 Å². The van der Waals surface area contributed by atoms with Crippen molar-refractivity contribution in [1.82, 2.24) is 5.32 Å². The van der Waals surface area contributed by atoms with Crippen LogP contribution in [0.25, 0.3) is 0 Å². The quantitative estimate of drug-likeness (QED) is 0.455. The molecule has 0 aromatic carbocycles. The summed E-state index contributed by atoms with van der Waals surface area (Å²) in [5, 5.41) is 3.30. The van der Waals surface area contributed by atoms with Gasteiger partial charge in [-0.2, -0.15) is 11.8 Å². The zero-order valence-electron chi connectivity index (χ0n) is 11.5. The minimum atomic E-state index is 0.182. The zero-order valence-corrected chi connectivity index (χ0v) is 12.3. The molecule has 17 heavy (non-hydrogen) atoms. The maximum absolute atomic E-state index is 11.7. The number of allylic oxidation sites excluding steroid dienone is 1. The molecule has 0 aromatic heterocycles. The van der Waals surface area contributed by atoms with Gasteiger partial charge in [0.25, 0.3) is 0 Å². The topological polar surface area (TPSA) is 29.1 Å². The minimum absolute atomic E-state index is 0.182. The van der Waals surface area contributed by atoms with Crippen LogP contribution in [-0.2, 0) is 4.79 Å². The van der Waals surface area contributed by atoms with Crippen LogP contribution in [-0.4, -0.2) is 30.4 Å². The van der Waals surface area contributed by atoms with Gasteiger partial charge >= 0.3 is 0 Å². The number of nitrogens with one attached hydrogen (secondary N) is 1. The molecule has 0 spiro atoms. The number of ketones is 1. The molecule has 0 saturated heterocycles. The highest BCUT2D eigenvalue weighted by atomic mass is 32.2. The average Bonchev–Trinajstić information content (AvgIpc) is 2.34. The predicted octanol–water partition coefficient (Wildman–Crippen LogP) is 3.28. The molecule has 0 aliphatic heterocycles. The van der Waals surface area contributed by atoms with Crippen molar-refractivity contribution < 1.29 is 4.79 Å². The van der Waals surface area contributed by atoms with E-state index in [0.29, 0.717) is 0 Å². The van der Waals surface area contributed by atoms with Gasteiger partial charge < -0.3 is 5.32 Å². The summed E-state index contributed by atoms with van der Waals surface area (Å²) < 4.78 is 0. The Morgan fingerprint density at radius 2 is 2.18 bits per heavy atom. The van der Waals surface area contributed by atoms with Gasteiger partial charge in [-0.1, -0.05) is 39.7 Å². The van der Waals surface area contributed by atoms with Crippen LogP contribution in [0.5, 0.6) is 0 Å². The predicted molar refractivity (Wildman–Crippen MR) is 78.7 cm³/mol. The van der Waals surface area contributed by atoms with Crippen LogP contribution in [0.4, 0.5) is 0 Å². The Morgan fingerprint density at radius 3 is 2.82 bits per heavy atom. The molecule has 0 heterocycles. The van der Waals surface area contributed by atoms with Crippen molar-refractivity contribution in [3.05, 3.63) is 12.2 Å². The second-order valence-electron chi connectivity index (χ2n) is 4.25. The lowest BCUT2D eigenvalue weighted by atomic mass is 9.99. The van der Waals surface area contributed by atoms with Crippen molar-refractivity contribution >= 4 is 17.5 Å². The van der Waals surface area contributed by atoms with Gasteiger partial charge in [0.1, 0.15) is 0 Å². The molecule has 0 saturated carbocycles. The standard InChI is InChI=1S/C14H27NOS/c1-4-6-8-13(3)14(16)9-7-10-15-11-12-17-5-2/h7,9,13,15H,4-6,8,10-12H2,1-3H3/b9-7+. The molecule has 0 radical (unpaired) electrons. The number of hydrogen-bond donors (Lipinski definition) is 1. The number of carbonyl (C=O) groups excluding carboxylic acids is 1. The zero-order chi connectivity index (χ0) is 12.9. The molecule has 1 atom stereocenters. The Hall–Kier alpha value is -0.280. The summed E-state index contributed by atoms with van der Waals surface area (Å²) in [6.07, 6.45) is 7.01. The SMILES string of the molecule is CCCCC(C)C(=O)/C=C/CNCCSCC. The Bertz CT molecular complexity index is 216. The van der Waals surface area contributed by atoms with E-state index in [2.05, 4.69) is 19.2 Å². The van der Waals surface area contributed by atoms with E-state index in [4.69, 9.17) is 0 Å². The number of thioether (sulfide) groups is 1. The second kappa shape index (κ2) is 12.2. The molecule has 1 N–H and O–H groups in total. The first-order valence-electron chi connectivity index (χ1n) is 6.71. The lowest BCUT2D eigenvalue weighted by Gasteiger charge is -2.05. The highest BCUT2D eigenvalue weighted by Crippen LogP contribution is 2.09. The van der Waals surface area contributed by atoms with E-state index in [1.54, 1.807) is 6.08 Å². The van der Waals surface area contributed by atoms with Crippen molar-refractivity contribution in [2.45, 2.75) is 40.0 Å². The van der Waals surface area contributed by atoms with Gasteiger partial charge in [-0.05, 0) is 18.2 Å². The molecule has 0 aliphatic carbocycles. The number of unbranched alkanes of at least 4 members (excludes halogenated alkanes) is 1. The van der Waals surface area contributed by atoms with Crippen molar-refractivity contribution in [2.75, 3.05) is 24.6 Å². The molecule has 1 unspecified atom stereocenters. The second-order valence-corrected chi connectivity index (χ2v) is 5.64. The summed E-state index contributed by atoms with van der Waals surface area (Å²) in [5.74, 6) is 2.76. The van der Waals surface area contributed by atoms with E-state index in [0.717, 1.165) is 38.1 Å². The lowest BCUT2D eigenvalue weighted by Crippen LogP contribution is -2.17. The largest absolute Gasteiger partial charge is 0.312 e. The third-order valence-corrected chi connectivity index (χ3v) is 3.55. The fourth-order valence-corrected chi connectivity index (χ4v) is 2.04. The van der Waals surface area contributed by atoms with Crippen molar-refractivity contribution in [3.8, 4) is 0 Å². The van der Waals surface area contributed by atoms with E-state index in [-0.39, 0.29) is 11.7 Å². The average molecular weight is 257 g/mol. The number of hydrogen-bond acceptors (Lipinski definition) is 3. The minimum Gasteiger partial charge on any atom is -0.312 e. The van der Waals surface area contributed by atoms with Crippen molar-refractivity contribution in [1.29, 1.82) is 0 Å². The number of rotatable bonds is 11. The number of carbonyl (C=O) groups is 1. The summed E-state index contributed by atoms with van der Waals surface area (Å²) in [7, 11) is 0. The van der Waals surface area contributed by atoms with Crippen LogP contribution >= 0.6 is 11.8 Å². The summed E-state index contributed by atoms with van der Waals surface area (Å²) in [6.45, 7) is 8.17. The van der Waals surface area contributed by atoms with Gasteiger partial charge in [0.15, 0.2) is 5.78 Å². The van der Waals surface area contributed by atoms with Crippen LogP contribution in [0.1, 0.15) is 40.0 Å². The summed E-state index contributed by atoms with van der Waals surface area (Å²) in [6, 6.07) is 0.